The van der Waals surface area contributed by atoms with Gasteiger partial charge in [-0.1, -0.05) is 23.5 Å². The molecule has 2 aliphatic heterocycles. The van der Waals surface area contributed by atoms with Crippen molar-refractivity contribution in [3.05, 3.63) is 36.4 Å². The van der Waals surface area contributed by atoms with Gasteiger partial charge >= 0.3 is 0 Å². The number of hydrogen-bond acceptors (Lipinski definition) is 12. The van der Waals surface area contributed by atoms with Crippen LogP contribution in [0.5, 0.6) is 0 Å². The molecule has 4 rings (SSSR count). The van der Waals surface area contributed by atoms with E-state index in [1.165, 1.54) is 47.8 Å². The zero-order chi connectivity index (χ0) is 23.3. The van der Waals surface area contributed by atoms with Crippen molar-refractivity contribution in [3.8, 4) is 0 Å². The molecule has 8 N–H and O–H groups in total. The van der Waals surface area contributed by atoms with E-state index in [0.717, 1.165) is 11.4 Å². The molecular weight excluding hydrogens is 525 g/mol. The van der Waals surface area contributed by atoms with Crippen molar-refractivity contribution in [1.29, 1.82) is 0 Å². The molecule has 34 heavy (non-hydrogen) atoms. The first-order chi connectivity index (χ1) is 15.0. The van der Waals surface area contributed by atoms with E-state index in [1.54, 1.807) is 12.1 Å². The Bertz CT molecular complexity index is 1200. The first-order valence-electron chi connectivity index (χ1n) is 9.52. The van der Waals surface area contributed by atoms with Gasteiger partial charge in [0, 0.05) is 22.9 Å². The van der Waals surface area contributed by atoms with Crippen molar-refractivity contribution in [3.63, 3.8) is 0 Å². The van der Waals surface area contributed by atoms with Gasteiger partial charge in [-0.3, -0.25) is 9.11 Å². The Kier molecular flexibility index (Phi) is 8.64. The van der Waals surface area contributed by atoms with Gasteiger partial charge in [-0.15, -0.1) is 0 Å². The van der Waals surface area contributed by atoms with Crippen LogP contribution in [0.25, 0.3) is 0 Å². The fraction of sp³-hybridized carbons (Fsp3) is 0.333. The van der Waals surface area contributed by atoms with E-state index in [4.69, 9.17) is 0 Å². The van der Waals surface area contributed by atoms with Crippen LogP contribution < -0.4 is 22.1 Å². The molecule has 0 bridgehead atoms. The van der Waals surface area contributed by atoms with Crippen molar-refractivity contribution in [2.24, 2.45) is 10.2 Å². The van der Waals surface area contributed by atoms with Crippen LogP contribution in [-0.2, 0) is 20.2 Å². The highest BCUT2D eigenvalue weighted by atomic mass is 32.2. The van der Waals surface area contributed by atoms with Crippen LogP contribution in [0, 0.1) is 0 Å². The lowest BCUT2D eigenvalue weighted by Gasteiger charge is -2.23. The van der Waals surface area contributed by atoms with Gasteiger partial charge in [0.15, 0.2) is 11.0 Å². The Balaban J connectivity index is 0.00000204. The smallest absolute Gasteiger partial charge is 0.294 e. The van der Waals surface area contributed by atoms with Crippen LogP contribution in [0.15, 0.2) is 66.2 Å². The second-order valence-electron chi connectivity index (χ2n) is 6.90. The fourth-order valence-corrected chi connectivity index (χ4v) is 7.11. The molecule has 2 heterocycles. The van der Waals surface area contributed by atoms with Gasteiger partial charge < -0.3 is 22.1 Å². The second kappa shape index (κ2) is 10.4. The Morgan fingerprint density at radius 2 is 1.12 bits per heavy atom. The van der Waals surface area contributed by atoms with Gasteiger partial charge in [0.25, 0.3) is 20.2 Å². The molecule has 2 aliphatic rings. The standard InChI is InChI=1S/C18H20N4O6S4.2H3N/c1-3-21-13-7-5-11(31(23,24)25)9-15(13)29-17(21)19-20-18-22(4-2)14-8-6-12(32(26,27)28)10-16(14)30-18;;/h5-10,17-18H,3-4H2,1-2H3,(H,23,24,25)(H,26,27,28);2*1H3. The molecule has 0 aliphatic carbocycles. The average molecular weight is 551 g/mol. The van der Waals surface area contributed by atoms with Crippen LogP contribution in [0.4, 0.5) is 11.4 Å². The lowest BCUT2D eigenvalue weighted by molar-refractivity contribution is 0.480. The summed E-state index contributed by atoms with van der Waals surface area (Å²) in [5, 5.41) is 8.98. The summed E-state index contributed by atoms with van der Waals surface area (Å²) in [7, 11) is -8.61. The summed E-state index contributed by atoms with van der Waals surface area (Å²) in [6.07, 6.45) is 0. The molecule has 2 atom stereocenters. The van der Waals surface area contributed by atoms with Gasteiger partial charge in [0.05, 0.1) is 21.2 Å². The molecule has 2 aromatic rings. The third-order valence-corrected chi connectivity index (χ3v) is 9.00. The molecule has 16 heteroatoms. The van der Waals surface area contributed by atoms with Gasteiger partial charge in [-0.25, -0.2) is 0 Å². The summed E-state index contributed by atoms with van der Waals surface area (Å²) in [6.45, 7) is 5.12. The minimum Gasteiger partial charge on any atom is -0.344 e. The zero-order valence-corrected chi connectivity index (χ0v) is 21.7. The van der Waals surface area contributed by atoms with Crippen molar-refractivity contribution >= 4 is 55.1 Å². The summed E-state index contributed by atoms with van der Waals surface area (Å²) in [5.74, 6) is 0. The predicted octanol–water partition coefficient (Wildman–Crippen LogP) is 4.09. The van der Waals surface area contributed by atoms with E-state index >= 15 is 0 Å². The lowest BCUT2D eigenvalue weighted by Crippen LogP contribution is -2.29. The van der Waals surface area contributed by atoms with Crippen molar-refractivity contribution in [1.82, 2.24) is 12.3 Å². The van der Waals surface area contributed by atoms with Crippen molar-refractivity contribution in [2.45, 2.75) is 44.4 Å². The SMILES string of the molecule is CCN1c2ccc(S(=O)(=O)O)cc2SC1N=NC1Sc2cc(S(=O)(=O)O)ccc2N1CC.N.N. The number of benzene rings is 2. The summed E-state index contributed by atoms with van der Waals surface area (Å²) < 4.78 is 64.5. The number of anilines is 2. The quantitative estimate of drug-likeness (QED) is 0.296. The van der Waals surface area contributed by atoms with Gasteiger partial charge in [-0.2, -0.15) is 27.1 Å². The molecule has 0 saturated carbocycles. The molecular formula is C18H26N6O6S4. The third kappa shape index (κ3) is 5.33. The number of fused-ring (bicyclic) bond motifs is 2. The first-order valence-corrected chi connectivity index (χ1v) is 14.2. The van der Waals surface area contributed by atoms with E-state index < -0.39 is 31.2 Å². The Morgan fingerprint density at radius 3 is 1.41 bits per heavy atom. The van der Waals surface area contributed by atoms with Crippen LogP contribution in [0.3, 0.4) is 0 Å². The second-order valence-corrected chi connectivity index (χ2v) is 11.9. The first kappa shape index (κ1) is 28.3. The van der Waals surface area contributed by atoms with Gasteiger partial charge in [-0.05, 0) is 50.2 Å². The number of rotatable bonds is 6. The Hall–Kier alpha value is -1.92. The van der Waals surface area contributed by atoms with E-state index in [9.17, 15) is 25.9 Å². The van der Waals surface area contributed by atoms with E-state index in [0.29, 0.717) is 22.9 Å². The summed E-state index contributed by atoms with van der Waals surface area (Å²) in [6, 6.07) is 8.82. The van der Waals surface area contributed by atoms with Crippen molar-refractivity contribution in [2.75, 3.05) is 22.9 Å². The van der Waals surface area contributed by atoms with Crippen LogP contribution >= 0.6 is 23.5 Å². The molecule has 0 saturated heterocycles. The minimum atomic E-state index is -4.30. The summed E-state index contributed by atoms with van der Waals surface area (Å²) in [4.78, 5) is 4.95. The average Bonchev–Trinajstić information content (AvgIpc) is 3.26. The molecule has 2 unspecified atom stereocenters. The molecule has 0 aromatic heterocycles. The number of nitrogens with zero attached hydrogens (tertiary/aromatic N) is 4. The zero-order valence-electron chi connectivity index (χ0n) is 18.4. The molecule has 188 valence electrons. The Labute approximate surface area is 206 Å². The monoisotopic (exact) mass is 550 g/mol. The molecule has 0 radical (unpaired) electrons. The fourth-order valence-electron chi connectivity index (χ4n) is 3.50. The minimum absolute atomic E-state index is 0. The maximum absolute atomic E-state index is 11.5. The van der Waals surface area contributed by atoms with E-state index in [1.807, 2.05) is 23.6 Å². The Morgan fingerprint density at radius 1 is 0.765 bits per heavy atom. The van der Waals surface area contributed by atoms with Gasteiger partial charge in [0.1, 0.15) is 0 Å². The number of azo groups is 1. The largest absolute Gasteiger partial charge is 0.344 e. The van der Waals surface area contributed by atoms with Crippen LogP contribution in [0.2, 0.25) is 0 Å². The summed E-state index contributed by atoms with van der Waals surface area (Å²) >= 11 is 2.66. The molecule has 0 fully saturated rings. The van der Waals surface area contributed by atoms with Crippen LogP contribution in [0.1, 0.15) is 13.8 Å². The number of hydrogen-bond donors (Lipinski definition) is 4. The predicted molar refractivity (Wildman–Crippen MR) is 133 cm³/mol. The third-order valence-electron chi connectivity index (χ3n) is 5.02. The summed E-state index contributed by atoms with van der Waals surface area (Å²) in [5.41, 5.74) is 0.786. The van der Waals surface area contributed by atoms with E-state index in [2.05, 4.69) is 10.2 Å². The highest BCUT2D eigenvalue weighted by Gasteiger charge is 2.33. The maximum atomic E-state index is 11.5. The topological polar surface area (TPSA) is 210 Å². The maximum Gasteiger partial charge on any atom is 0.294 e. The molecule has 2 aromatic carbocycles. The normalized spacial score (nSPS) is 19.5. The van der Waals surface area contributed by atoms with Crippen LogP contribution in [-0.4, -0.2) is 50.0 Å². The van der Waals surface area contributed by atoms with Crippen molar-refractivity contribution < 1.29 is 25.9 Å². The lowest BCUT2D eigenvalue weighted by atomic mass is 10.3. The highest BCUT2D eigenvalue weighted by Crippen LogP contribution is 2.47. The van der Waals surface area contributed by atoms with E-state index in [-0.39, 0.29) is 22.1 Å². The molecule has 0 spiro atoms. The molecule has 0 amide bonds. The molecule has 12 nitrogen and oxygen atoms in total. The number of thioether (sulfide) groups is 2. The van der Waals surface area contributed by atoms with Gasteiger partial charge in [0.2, 0.25) is 0 Å². The highest BCUT2D eigenvalue weighted by molar-refractivity contribution is 8.00.